The number of anilines is 1. The van der Waals surface area contributed by atoms with Crippen molar-refractivity contribution in [3.8, 4) is 6.07 Å². The average Bonchev–Trinajstić information content (AvgIpc) is 2.48. The van der Waals surface area contributed by atoms with E-state index in [0.29, 0.717) is 5.56 Å². The molecular weight excluding hydrogens is 262 g/mol. The van der Waals surface area contributed by atoms with Crippen molar-refractivity contribution in [3.05, 3.63) is 57.9 Å². The van der Waals surface area contributed by atoms with Crippen LogP contribution < -0.4 is 5.48 Å². The number of hydrogen-bond acceptors (Lipinski definition) is 7. The van der Waals surface area contributed by atoms with Crippen molar-refractivity contribution in [2.45, 2.75) is 6.61 Å². The molecule has 0 spiro atoms. The first-order valence-corrected chi connectivity index (χ1v) is 5.52. The smallest absolute Gasteiger partial charge is 0.269 e. The predicted molar refractivity (Wildman–Crippen MR) is 68.3 cm³/mol. The molecule has 0 aliphatic carbocycles. The van der Waals surface area contributed by atoms with Gasteiger partial charge in [0.15, 0.2) is 0 Å². The summed E-state index contributed by atoms with van der Waals surface area (Å²) < 4.78 is 0. The van der Waals surface area contributed by atoms with Crippen molar-refractivity contribution in [2.24, 2.45) is 0 Å². The Kier molecular flexibility index (Phi) is 4.16. The lowest BCUT2D eigenvalue weighted by Crippen LogP contribution is -2.05. The van der Waals surface area contributed by atoms with Crippen LogP contribution in [0.4, 0.5) is 11.6 Å². The summed E-state index contributed by atoms with van der Waals surface area (Å²) in [6.45, 7) is 0.196. The molecule has 0 bridgehead atoms. The van der Waals surface area contributed by atoms with Gasteiger partial charge in [-0.05, 0) is 17.7 Å². The molecule has 0 amide bonds. The second-order valence-electron chi connectivity index (χ2n) is 3.72. The third kappa shape index (κ3) is 3.47. The summed E-state index contributed by atoms with van der Waals surface area (Å²) in [4.78, 5) is 22.9. The molecule has 1 heterocycles. The maximum absolute atomic E-state index is 10.5. The molecule has 2 rings (SSSR count). The Hall–Kier alpha value is -3.05. The van der Waals surface area contributed by atoms with Gasteiger partial charge in [0.1, 0.15) is 6.07 Å². The van der Waals surface area contributed by atoms with E-state index >= 15 is 0 Å². The Balaban J connectivity index is 1.86. The monoisotopic (exact) mass is 271 g/mol. The van der Waals surface area contributed by atoms with E-state index in [1.165, 1.54) is 24.5 Å². The number of nitro benzene ring substituents is 1. The van der Waals surface area contributed by atoms with E-state index in [1.807, 2.05) is 6.07 Å². The lowest BCUT2D eigenvalue weighted by Gasteiger charge is -2.05. The van der Waals surface area contributed by atoms with Crippen molar-refractivity contribution in [1.29, 1.82) is 5.26 Å². The molecule has 0 fully saturated rings. The molecule has 0 radical (unpaired) electrons. The van der Waals surface area contributed by atoms with E-state index in [1.54, 1.807) is 12.1 Å². The van der Waals surface area contributed by atoms with Crippen molar-refractivity contribution in [3.63, 3.8) is 0 Å². The van der Waals surface area contributed by atoms with Crippen LogP contribution in [0.1, 0.15) is 11.1 Å². The van der Waals surface area contributed by atoms with Crippen LogP contribution >= 0.6 is 0 Å². The van der Waals surface area contributed by atoms with Crippen molar-refractivity contribution < 1.29 is 9.76 Å². The number of nitrogens with one attached hydrogen (secondary N) is 1. The first kappa shape index (κ1) is 13.4. The maximum atomic E-state index is 10.5. The van der Waals surface area contributed by atoms with Gasteiger partial charge >= 0.3 is 0 Å². The van der Waals surface area contributed by atoms with Crippen molar-refractivity contribution >= 4 is 11.6 Å². The highest BCUT2D eigenvalue weighted by Gasteiger charge is 2.04. The minimum atomic E-state index is -0.465. The highest BCUT2D eigenvalue weighted by molar-refractivity contribution is 5.32. The molecule has 0 atom stereocenters. The number of nitro groups is 1. The molecule has 0 aliphatic heterocycles. The van der Waals surface area contributed by atoms with E-state index < -0.39 is 4.92 Å². The summed E-state index contributed by atoms with van der Waals surface area (Å²) in [5.41, 5.74) is 3.66. The maximum Gasteiger partial charge on any atom is 0.269 e. The number of non-ortho nitro benzene ring substituents is 1. The molecule has 0 aliphatic rings. The largest absolute Gasteiger partial charge is 0.269 e. The highest BCUT2D eigenvalue weighted by atomic mass is 16.6. The molecule has 20 heavy (non-hydrogen) atoms. The Morgan fingerprint density at radius 2 is 1.95 bits per heavy atom. The number of nitriles is 1. The molecule has 100 valence electrons. The van der Waals surface area contributed by atoms with Crippen LogP contribution in [0.2, 0.25) is 0 Å². The standard InChI is InChI=1S/C12H9N5O3/c13-5-10-6-14-12(15-7-10)16-20-8-9-1-3-11(4-2-9)17(18)19/h1-4,6-7H,8H2,(H,14,15,16). The minimum absolute atomic E-state index is 0.0251. The van der Waals surface area contributed by atoms with E-state index in [-0.39, 0.29) is 18.2 Å². The lowest BCUT2D eigenvalue weighted by atomic mass is 10.2. The first-order chi connectivity index (χ1) is 9.69. The fraction of sp³-hybridized carbons (Fsp3) is 0.0833. The van der Waals surface area contributed by atoms with Crippen LogP contribution in [-0.4, -0.2) is 14.9 Å². The first-order valence-electron chi connectivity index (χ1n) is 5.52. The Bertz CT molecular complexity index is 634. The van der Waals surface area contributed by atoms with Gasteiger partial charge in [0.25, 0.3) is 5.69 Å². The molecule has 2 aromatic rings. The average molecular weight is 271 g/mol. The normalized spacial score (nSPS) is 9.75. The molecule has 1 aromatic heterocycles. The summed E-state index contributed by atoms with van der Waals surface area (Å²) in [6.07, 6.45) is 2.73. The van der Waals surface area contributed by atoms with Gasteiger partial charge < -0.3 is 0 Å². The number of hydrogen-bond donors (Lipinski definition) is 1. The number of aromatic nitrogens is 2. The Morgan fingerprint density at radius 3 is 2.50 bits per heavy atom. The second kappa shape index (κ2) is 6.21. The van der Waals surface area contributed by atoms with Crippen LogP contribution in [0.15, 0.2) is 36.7 Å². The second-order valence-corrected chi connectivity index (χ2v) is 3.72. The molecule has 0 unspecified atom stereocenters. The lowest BCUT2D eigenvalue weighted by molar-refractivity contribution is -0.384. The summed E-state index contributed by atoms with van der Waals surface area (Å²) >= 11 is 0. The van der Waals surface area contributed by atoms with Crippen molar-refractivity contribution in [1.82, 2.24) is 9.97 Å². The van der Waals surface area contributed by atoms with E-state index in [4.69, 9.17) is 10.1 Å². The topological polar surface area (TPSA) is 114 Å². The van der Waals surface area contributed by atoms with Crippen LogP contribution in [0.5, 0.6) is 0 Å². The van der Waals surface area contributed by atoms with E-state index in [9.17, 15) is 10.1 Å². The summed E-state index contributed by atoms with van der Waals surface area (Å²) in [7, 11) is 0. The molecule has 0 saturated heterocycles. The highest BCUT2D eigenvalue weighted by Crippen LogP contribution is 2.12. The fourth-order valence-electron chi connectivity index (χ4n) is 1.34. The van der Waals surface area contributed by atoms with E-state index in [0.717, 1.165) is 5.56 Å². The summed E-state index contributed by atoms with van der Waals surface area (Å²) in [6, 6.07) is 7.89. The van der Waals surface area contributed by atoms with Gasteiger partial charge in [-0.2, -0.15) is 5.26 Å². The number of nitrogens with zero attached hydrogens (tertiary/aromatic N) is 4. The van der Waals surface area contributed by atoms with Gasteiger partial charge in [-0.15, -0.1) is 0 Å². The molecule has 8 nitrogen and oxygen atoms in total. The predicted octanol–water partition coefficient (Wildman–Crippen LogP) is 1.80. The third-order valence-corrected chi connectivity index (χ3v) is 2.33. The quantitative estimate of drug-likeness (QED) is 0.651. The molecule has 8 heteroatoms. The van der Waals surface area contributed by atoms with Crippen LogP contribution in [0.3, 0.4) is 0 Å². The molecule has 1 aromatic carbocycles. The zero-order valence-electron chi connectivity index (χ0n) is 10.2. The van der Waals surface area contributed by atoms with Crippen LogP contribution in [0, 0.1) is 21.4 Å². The Morgan fingerprint density at radius 1 is 1.30 bits per heavy atom. The minimum Gasteiger partial charge on any atom is -0.269 e. The fourth-order valence-corrected chi connectivity index (χ4v) is 1.34. The zero-order chi connectivity index (χ0) is 14.4. The molecule has 1 N–H and O–H groups in total. The van der Waals surface area contributed by atoms with Crippen LogP contribution in [0.25, 0.3) is 0 Å². The van der Waals surface area contributed by atoms with Gasteiger partial charge in [0.05, 0.1) is 29.5 Å². The van der Waals surface area contributed by atoms with Crippen LogP contribution in [-0.2, 0) is 11.4 Å². The van der Waals surface area contributed by atoms with Gasteiger partial charge in [0, 0.05) is 12.1 Å². The SMILES string of the molecule is N#Cc1cnc(NOCc2ccc([N+](=O)[O-])cc2)nc1. The Labute approximate surface area is 113 Å². The summed E-state index contributed by atoms with van der Waals surface area (Å²) in [5, 5.41) is 19.1. The van der Waals surface area contributed by atoms with Gasteiger partial charge in [0.2, 0.25) is 5.95 Å². The molecule has 0 saturated carbocycles. The van der Waals surface area contributed by atoms with E-state index in [2.05, 4.69) is 15.4 Å². The number of benzene rings is 1. The van der Waals surface area contributed by atoms with Gasteiger partial charge in [-0.1, -0.05) is 0 Å². The van der Waals surface area contributed by atoms with Gasteiger partial charge in [-0.25, -0.2) is 15.4 Å². The number of rotatable bonds is 5. The molecular formula is C12H9N5O3. The zero-order valence-corrected chi connectivity index (χ0v) is 10.2. The summed E-state index contributed by atoms with van der Waals surface area (Å²) in [5.74, 6) is 0.228. The van der Waals surface area contributed by atoms with Crippen molar-refractivity contribution in [2.75, 3.05) is 5.48 Å². The third-order valence-electron chi connectivity index (χ3n) is 2.33. The van der Waals surface area contributed by atoms with Gasteiger partial charge in [-0.3, -0.25) is 15.0 Å².